The molecule has 2 N–H and O–H groups in total. The molecule has 0 saturated heterocycles. The van der Waals surface area contributed by atoms with Crippen LogP contribution in [0.4, 0.5) is 4.79 Å². The number of pyridine rings is 1. The first-order valence-corrected chi connectivity index (χ1v) is 7.91. The number of hydrogen-bond donors (Lipinski definition) is 2. The monoisotopic (exact) mass is 307 g/mol. The second-order valence-corrected chi connectivity index (χ2v) is 6.57. The lowest BCUT2D eigenvalue weighted by molar-refractivity contribution is 0.0446. The molecular formula is C17H29N3O2. The van der Waals surface area contributed by atoms with Crippen LogP contribution in [-0.4, -0.2) is 28.8 Å². The van der Waals surface area contributed by atoms with E-state index in [1.165, 1.54) is 5.56 Å². The number of alkyl carbamates (subject to hydrolysis) is 1. The van der Waals surface area contributed by atoms with Crippen molar-refractivity contribution in [2.75, 3.05) is 6.54 Å². The summed E-state index contributed by atoms with van der Waals surface area (Å²) in [5.41, 5.74) is 0.394. The molecule has 1 amide bonds. The largest absolute Gasteiger partial charge is 0.444 e. The predicted molar refractivity (Wildman–Crippen MR) is 88.6 cm³/mol. The Bertz CT molecular complexity index is 451. The molecule has 0 atom stereocenters. The van der Waals surface area contributed by atoms with Crippen molar-refractivity contribution < 1.29 is 9.53 Å². The van der Waals surface area contributed by atoms with Gasteiger partial charge in [-0.2, -0.15) is 0 Å². The van der Waals surface area contributed by atoms with E-state index < -0.39 is 5.60 Å². The molecule has 1 rings (SSSR count). The summed E-state index contributed by atoms with van der Waals surface area (Å²) < 4.78 is 5.38. The highest BCUT2D eigenvalue weighted by Gasteiger charge is 2.30. The Hall–Kier alpha value is -1.62. The smallest absolute Gasteiger partial charge is 0.408 e. The van der Waals surface area contributed by atoms with Gasteiger partial charge >= 0.3 is 6.09 Å². The zero-order valence-electron chi connectivity index (χ0n) is 14.4. The third-order valence-corrected chi connectivity index (χ3v) is 3.66. The molecule has 0 aliphatic heterocycles. The standard InChI is InChI=1S/C17H29N3O2/c1-6-17(7-2,20-15(21)22-16(3,4)5)13-19-12-14-8-10-18-11-9-14/h8-11,19H,6-7,12-13H2,1-5H3,(H,20,21). The van der Waals surface area contributed by atoms with Crippen molar-refractivity contribution in [1.29, 1.82) is 0 Å². The van der Waals surface area contributed by atoms with Crippen LogP contribution < -0.4 is 10.6 Å². The molecule has 0 aliphatic carbocycles. The van der Waals surface area contributed by atoms with E-state index in [1.807, 2.05) is 32.9 Å². The summed E-state index contributed by atoms with van der Waals surface area (Å²) >= 11 is 0. The minimum absolute atomic E-state index is 0.296. The van der Waals surface area contributed by atoms with Crippen molar-refractivity contribution in [3.05, 3.63) is 30.1 Å². The van der Waals surface area contributed by atoms with E-state index in [0.717, 1.165) is 19.4 Å². The van der Waals surface area contributed by atoms with E-state index in [1.54, 1.807) is 12.4 Å². The minimum atomic E-state index is -0.484. The normalized spacial score (nSPS) is 12.0. The maximum absolute atomic E-state index is 12.1. The van der Waals surface area contributed by atoms with Gasteiger partial charge in [-0.15, -0.1) is 0 Å². The van der Waals surface area contributed by atoms with Crippen LogP contribution in [-0.2, 0) is 11.3 Å². The van der Waals surface area contributed by atoms with E-state index in [4.69, 9.17) is 4.74 Å². The first-order chi connectivity index (χ1) is 10.3. The Morgan fingerprint density at radius 1 is 1.18 bits per heavy atom. The van der Waals surface area contributed by atoms with Crippen LogP contribution >= 0.6 is 0 Å². The number of hydrogen-bond acceptors (Lipinski definition) is 4. The number of nitrogens with zero attached hydrogens (tertiary/aromatic N) is 1. The summed E-state index contributed by atoms with van der Waals surface area (Å²) in [6.07, 6.45) is 4.88. The number of carbonyl (C=O) groups excluding carboxylic acids is 1. The molecule has 1 aromatic heterocycles. The molecule has 5 nitrogen and oxygen atoms in total. The highest BCUT2D eigenvalue weighted by molar-refractivity contribution is 5.68. The lowest BCUT2D eigenvalue weighted by Gasteiger charge is -2.34. The van der Waals surface area contributed by atoms with Crippen molar-refractivity contribution >= 4 is 6.09 Å². The molecule has 0 radical (unpaired) electrons. The van der Waals surface area contributed by atoms with Crippen LogP contribution in [0, 0.1) is 0 Å². The summed E-state index contributed by atoms with van der Waals surface area (Å²) in [7, 11) is 0. The Balaban J connectivity index is 2.57. The van der Waals surface area contributed by atoms with Crippen LogP contribution in [0.5, 0.6) is 0 Å². The minimum Gasteiger partial charge on any atom is -0.444 e. The van der Waals surface area contributed by atoms with E-state index >= 15 is 0 Å². The van der Waals surface area contributed by atoms with Gasteiger partial charge in [0, 0.05) is 25.5 Å². The second-order valence-electron chi connectivity index (χ2n) is 6.57. The van der Waals surface area contributed by atoms with Gasteiger partial charge in [0.05, 0.1) is 5.54 Å². The number of amides is 1. The lowest BCUT2D eigenvalue weighted by Crippen LogP contribution is -2.55. The summed E-state index contributed by atoms with van der Waals surface area (Å²) in [6, 6.07) is 3.96. The summed E-state index contributed by atoms with van der Waals surface area (Å²) in [5, 5.41) is 6.45. The third kappa shape index (κ3) is 6.43. The van der Waals surface area contributed by atoms with Crippen LogP contribution in [0.2, 0.25) is 0 Å². The first kappa shape index (κ1) is 18.4. The molecule has 0 aliphatic rings. The van der Waals surface area contributed by atoms with Gasteiger partial charge in [-0.05, 0) is 51.3 Å². The number of aromatic nitrogens is 1. The molecule has 22 heavy (non-hydrogen) atoms. The van der Waals surface area contributed by atoms with Crippen molar-refractivity contribution in [3.8, 4) is 0 Å². The Labute approximate surface area is 133 Å². The van der Waals surface area contributed by atoms with Crippen molar-refractivity contribution in [1.82, 2.24) is 15.6 Å². The van der Waals surface area contributed by atoms with Crippen molar-refractivity contribution in [2.45, 2.75) is 65.1 Å². The molecule has 0 unspecified atom stereocenters. The van der Waals surface area contributed by atoms with E-state index in [9.17, 15) is 4.79 Å². The van der Waals surface area contributed by atoms with Crippen LogP contribution in [0.15, 0.2) is 24.5 Å². The number of carbonyl (C=O) groups is 1. The molecular weight excluding hydrogens is 278 g/mol. The van der Waals surface area contributed by atoms with Gasteiger partial charge in [-0.3, -0.25) is 4.98 Å². The molecule has 0 aromatic carbocycles. The SMILES string of the molecule is CCC(CC)(CNCc1ccncc1)NC(=O)OC(C)(C)C. The van der Waals surface area contributed by atoms with Gasteiger partial charge in [-0.25, -0.2) is 4.79 Å². The molecule has 5 heteroatoms. The summed E-state index contributed by atoms with van der Waals surface area (Å²) in [6.45, 7) is 11.2. The highest BCUT2D eigenvalue weighted by Crippen LogP contribution is 2.16. The Morgan fingerprint density at radius 2 is 1.77 bits per heavy atom. The third-order valence-electron chi connectivity index (χ3n) is 3.66. The lowest BCUT2D eigenvalue weighted by atomic mass is 9.92. The topological polar surface area (TPSA) is 63.2 Å². The Morgan fingerprint density at radius 3 is 2.27 bits per heavy atom. The van der Waals surface area contributed by atoms with Gasteiger partial charge in [0.25, 0.3) is 0 Å². The summed E-state index contributed by atoms with van der Waals surface area (Å²) in [5.74, 6) is 0. The molecule has 0 saturated carbocycles. The van der Waals surface area contributed by atoms with Crippen LogP contribution in [0.1, 0.15) is 53.0 Å². The van der Waals surface area contributed by atoms with Crippen molar-refractivity contribution in [3.63, 3.8) is 0 Å². The Kier molecular flexibility index (Phi) is 6.81. The van der Waals surface area contributed by atoms with Gasteiger partial charge in [0.1, 0.15) is 5.60 Å². The average Bonchev–Trinajstić information content (AvgIpc) is 2.45. The fourth-order valence-electron chi connectivity index (χ4n) is 2.19. The van der Waals surface area contributed by atoms with E-state index in [2.05, 4.69) is 29.5 Å². The fourth-order valence-corrected chi connectivity index (χ4v) is 2.19. The first-order valence-electron chi connectivity index (χ1n) is 7.91. The zero-order chi connectivity index (χ0) is 16.6. The van der Waals surface area contributed by atoms with Gasteiger partial charge in [0.2, 0.25) is 0 Å². The molecule has 1 heterocycles. The average molecular weight is 307 g/mol. The maximum Gasteiger partial charge on any atom is 0.408 e. The van der Waals surface area contributed by atoms with Crippen LogP contribution in [0.3, 0.4) is 0 Å². The molecule has 0 spiro atoms. The van der Waals surface area contributed by atoms with E-state index in [-0.39, 0.29) is 11.6 Å². The quantitative estimate of drug-likeness (QED) is 0.811. The highest BCUT2D eigenvalue weighted by atomic mass is 16.6. The predicted octanol–water partition coefficient (Wildman–Crippen LogP) is 3.25. The van der Waals surface area contributed by atoms with Gasteiger partial charge in [-0.1, -0.05) is 13.8 Å². The fraction of sp³-hybridized carbons (Fsp3) is 0.647. The van der Waals surface area contributed by atoms with Gasteiger partial charge in [0.15, 0.2) is 0 Å². The van der Waals surface area contributed by atoms with E-state index in [0.29, 0.717) is 6.54 Å². The molecule has 0 bridgehead atoms. The van der Waals surface area contributed by atoms with Crippen molar-refractivity contribution in [2.24, 2.45) is 0 Å². The molecule has 0 fully saturated rings. The van der Waals surface area contributed by atoms with Crippen LogP contribution in [0.25, 0.3) is 0 Å². The summed E-state index contributed by atoms with van der Waals surface area (Å²) in [4.78, 5) is 16.1. The molecule has 124 valence electrons. The number of rotatable bonds is 7. The maximum atomic E-state index is 12.1. The van der Waals surface area contributed by atoms with Gasteiger partial charge < -0.3 is 15.4 Å². The second kappa shape index (κ2) is 8.13. The molecule has 1 aromatic rings. The zero-order valence-corrected chi connectivity index (χ0v) is 14.4. The number of ether oxygens (including phenoxy) is 1. The number of nitrogens with one attached hydrogen (secondary N) is 2.